The molecular formula is C13H13ClFNO4S. The zero-order valence-corrected chi connectivity index (χ0v) is 12.4. The second-order valence-corrected chi connectivity index (χ2v) is 7.55. The highest BCUT2D eigenvalue weighted by Gasteiger charge is 2.55. The summed E-state index contributed by atoms with van der Waals surface area (Å²) in [6.07, 6.45) is 1.35. The Kier molecular flexibility index (Phi) is 3.46. The number of carboxylic acids is 1. The van der Waals surface area contributed by atoms with E-state index in [1.54, 1.807) is 0 Å². The minimum Gasteiger partial charge on any atom is -0.481 e. The van der Waals surface area contributed by atoms with Gasteiger partial charge in [0.15, 0.2) is 0 Å². The SMILES string of the molecule is O=C(O)C1CC2CCC1N2S(=O)(=O)c1c(F)cccc1Cl. The fraction of sp³-hybridized carbons (Fsp3) is 0.462. The smallest absolute Gasteiger partial charge is 0.308 e. The molecule has 0 radical (unpaired) electrons. The van der Waals surface area contributed by atoms with Crippen LogP contribution in [0, 0.1) is 11.7 Å². The second-order valence-electron chi connectivity index (χ2n) is 5.36. The second kappa shape index (κ2) is 4.93. The number of aliphatic carboxylic acids is 1. The van der Waals surface area contributed by atoms with Crippen LogP contribution in [0.4, 0.5) is 4.39 Å². The van der Waals surface area contributed by atoms with Crippen molar-refractivity contribution in [3.63, 3.8) is 0 Å². The molecule has 1 N–H and O–H groups in total. The molecular weight excluding hydrogens is 321 g/mol. The highest BCUT2D eigenvalue weighted by atomic mass is 35.5. The Labute approximate surface area is 126 Å². The van der Waals surface area contributed by atoms with Gasteiger partial charge in [-0.1, -0.05) is 17.7 Å². The van der Waals surface area contributed by atoms with Crippen molar-refractivity contribution in [1.29, 1.82) is 0 Å². The third-order valence-electron chi connectivity index (χ3n) is 4.24. The van der Waals surface area contributed by atoms with Gasteiger partial charge in [-0.25, -0.2) is 12.8 Å². The third-order valence-corrected chi connectivity index (χ3v) is 6.73. The van der Waals surface area contributed by atoms with Crippen LogP contribution in [0.3, 0.4) is 0 Å². The Bertz CT molecular complexity index is 688. The first-order chi connectivity index (χ1) is 9.84. The highest BCUT2D eigenvalue weighted by Crippen LogP contribution is 2.46. The average molecular weight is 334 g/mol. The lowest BCUT2D eigenvalue weighted by Gasteiger charge is -2.23. The molecule has 2 aliphatic rings. The van der Waals surface area contributed by atoms with Gasteiger partial charge in [-0.2, -0.15) is 4.31 Å². The summed E-state index contributed by atoms with van der Waals surface area (Å²) < 4.78 is 40.5. The summed E-state index contributed by atoms with van der Waals surface area (Å²) in [5, 5.41) is 8.99. The van der Waals surface area contributed by atoms with E-state index in [1.165, 1.54) is 12.1 Å². The molecule has 3 atom stereocenters. The first-order valence-electron chi connectivity index (χ1n) is 6.54. The Balaban J connectivity index is 2.06. The molecule has 2 fully saturated rings. The lowest BCUT2D eigenvalue weighted by molar-refractivity contribution is -0.142. The Morgan fingerprint density at radius 1 is 1.38 bits per heavy atom. The Hall–Kier alpha value is -1.18. The van der Waals surface area contributed by atoms with E-state index in [9.17, 15) is 22.7 Å². The zero-order valence-electron chi connectivity index (χ0n) is 10.9. The fourth-order valence-corrected chi connectivity index (χ4v) is 5.90. The third kappa shape index (κ3) is 2.15. The highest BCUT2D eigenvalue weighted by molar-refractivity contribution is 7.89. The van der Waals surface area contributed by atoms with Gasteiger partial charge in [-0.05, 0) is 31.4 Å². The topological polar surface area (TPSA) is 74.7 Å². The van der Waals surface area contributed by atoms with Crippen molar-refractivity contribution in [3.05, 3.63) is 29.0 Å². The van der Waals surface area contributed by atoms with Crippen LogP contribution in [0.1, 0.15) is 19.3 Å². The number of sulfonamides is 1. The fourth-order valence-electron chi connectivity index (χ4n) is 3.41. The molecule has 0 amide bonds. The van der Waals surface area contributed by atoms with Gasteiger partial charge in [0.25, 0.3) is 0 Å². The molecule has 5 nitrogen and oxygen atoms in total. The predicted molar refractivity (Wildman–Crippen MR) is 73.0 cm³/mol. The van der Waals surface area contributed by atoms with Crippen LogP contribution < -0.4 is 0 Å². The molecule has 21 heavy (non-hydrogen) atoms. The minimum absolute atomic E-state index is 0.187. The van der Waals surface area contributed by atoms with Gasteiger partial charge in [0.05, 0.1) is 10.9 Å². The number of rotatable bonds is 3. The van der Waals surface area contributed by atoms with Gasteiger partial charge in [-0.3, -0.25) is 4.79 Å². The van der Waals surface area contributed by atoms with Gasteiger partial charge in [0.2, 0.25) is 10.0 Å². The largest absolute Gasteiger partial charge is 0.481 e. The molecule has 8 heteroatoms. The van der Waals surface area contributed by atoms with Crippen LogP contribution in [0.2, 0.25) is 5.02 Å². The maximum Gasteiger partial charge on any atom is 0.308 e. The van der Waals surface area contributed by atoms with Crippen molar-refractivity contribution in [2.24, 2.45) is 5.92 Å². The van der Waals surface area contributed by atoms with E-state index in [1.807, 2.05) is 0 Å². The van der Waals surface area contributed by atoms with Crippen molar-refractivity contribution < 1.29 is 22.7 Å². The summed E-state index contributed by atoms with van der Waals surface area (Å²) >= 11 is 5.85. The average Bonchev–Trinajstić information content (AvgIpc) is 2.96. The number of fused-ring (bicyclic) bond motifs is 2. The number of hydrogen-bond acceptors (Lipinski definition) is 3. The van der Waals surface area contributed by atoms with Gasteiger partial charge in [0.1, 0.15) is 10.7 Å². The quantitative estimate of drug-likeness (QED) is 0.919. The van der Waals surface area contributed by atoms with E-state index in [-0.39, 0.29) is 11.4 Å². The molecule has 0 aromatic heterocycles. The summed E-state index contributed by atoms with van der Waals surface area (Å²) in [4.78, 5) is 10.7. The van der Waals surface area contributed by atoms with Crippen molar-refractivity contribution in [2.45, 2.75) is 36.2 Å². The first kappa shape index (κ1) is 14.7. The molecule has 0 saturated carbocycles. The van der Waals surface area contributed by atoms with Crippen LogP contribution in [0.25, 0.3) is 0 Å². The van der Waals surface area contributed by atoms with Crippen LogP contribution in [0.5, 0.6) is 0 Å². The lowest BCUT2D eigenvalue weighted by atomic mass is 9.89. The summed E-state index contributed by atoms with van der Waals surface area (Å²) in [5.74, 6) is -2.66. The number of benzene rings is 1. The molecule has 2 saturated heterocycles. The summed E-state index contributed by atoms with van der Waals surface area (Å²) in [6.45, 7) is 0. The zero-order chi connectivity index (χ0) is 15.4. The lowest BCUT2D eigenvalue weighted by Crippen LogP contribution is -2.38. The molecule has 1 aromatic carbocycles. The maximum atomic E-state index is 13.9. The Morgan fingerprint density at radius 3 is 2.67 bits per heavy atom. The molecule has 2 bridgehead atoms. The number of nitrogens with zero attached hydrogens (tertiary/aromatic N) is 1. The van der Waals surface area contributed by atoms with E-state index in [2.05, 4.69) is 0 Å². The van der Waals surface area contributed by atoms with Gasteiger partial charge in [0, 0.05) is 12.1 Å². The van der Waals surface area contributed by atoms with Crippen molar-refractivity contribution in [1.82, 2.24) is 4.31 Å². The van der Waals surface area contributed by atoms with Gasteiger partial charge >= 0.3 is 5.97 Å². The number of hydrogen-bond donors (Lipinski definition) is 1. The van der Waals surface area contributed by atoms with Gasteiger partial charge in [-0.15, -0.1) is 0 Å². The van der Waals surface area contributed by atoms with Crippen molar-refractivity contribution in [2.75, 3.05) is 0 Å². The van der Waals surface area contributed by atoms with E-state index < -0.39 is 44.7 Å². The van der Waals surface area contributed by atoms with E-state index in [0.29, 0.717) is 12.8 Å². The molecule has 1 aromatic rings. The van der Waals surface area contributed by atoms with Crippen LogP contribution >= 0.6 is 11.6 Å². The molecule has 3 rings (SSSR count). The van der Waals surface area contributed by atoms with Crippen LogP contribution in [-0.4, -0.2) is 35.9 Å². The summed E-state index contributed by atoms with van der Waals surface area (Å²) in [7, 11) is -4.14. The summed E-state index contributed by atoms with van der Waals surface area (Å²) in [5.41, 5.74) is 0. The van der Waals surface area contributed by atoms with Gasteiger partial charge < -0.3 is 5.11 Å². The molecule has 3 unspecified atom stereocenters. The van der Waals surface area contributed by atoms with E-state index in [4.69, 9.17) is 11.6 Å². The number of carboxylic acid groups (broad SMARTS) is 1. The monoisotopic (exact) mass is 333 g/mol. The molecule has 2 aliphatic heterocycles. The predicted octanol–water partition coefficient (Wildman–Crippen LogP) is 2.11. The standard InChI is InChI=1S/C13H13ClFNO4S/c14-9-2-1-3-10(15)12(9)21(19,20)16-7-4-5-11(16)8(6-7)13(17)18/h1-3,7-8,11H,4-6H2,(H,17,18). The number of carbonyl (C=O) groups is 1. The molecule has 0 spiro atoms. The Morgan fingerprint density at radius 2 is 2.10 bits per heavy atom. The van der Waals surface area contributed by atoms with Crippen molar-refractivity contribution >= 4 is 27.6 Å². The van der Waals surface area contributed by atoms with E-state index in [0.717, 1.165) is 10.4 Å². The molecule has 2 heterocycles. The normalized spacial score (nSPS) is 29.0. The van der Waals surface area contributed by atoms with E-state index >= 15 is 0 Å². The van der Waals surface area contributed by atoms with Crippen molar-refractivity contribution in [3.8, 4) is 0 Å². The molecule has 0 aliphatic carbocycles. The minimum atomic E-state index is -4.14. The first-order valence-corrected chi connectivity index (χ1v) is 8.36. The molecule has 114 valence electrons. The maximum absolute atomic E-state index is 13.9. The van der Waals surface area contributed by atoms with Crippen LogP contribution in [0.15, 0.2) is 23.1 Å². The number of halogens is 2. The van der Waals surface area contributed by atoms with Crippen LogP contribution in [-0.2, 0) is 14.8 Å². The summed E-state index contributed by atoms with van der Waals surface area (Å²) in [6, 6.07) is 2.66.